The summed E-state index contributed by atoms with van der Waals surface area (Å²) < 4.78 is 23.2. The SMILES string of the molecule is CCC(=NCOCC[S+](C)C(C)C)C(=C(C)N)c1ccc(NC(=O)[C@@H](NC(=O)c2ccnn2CCCSC)C(C2CC2)C2CC2)nc1F. The molecule has 2 amide bonds. The Bertz CT molecular complexity index is 1440. The highest BCUT2D eigenvalue weighted by Gasteiger charge is 2.48. The molecule has 1 unspecified atom stereocenters. The number of carbonyl (C=O) groups excluding carboxylic acids is 2. The van der Waals surface area contributed by atoms with Gasteiger partial charge in [0.1, 0.15) is 35.3 Å². The summed E-state index contributed by atoms with van der Waals surface area (Å²) in [6.45, 7) is 9.44. The van der Waals surface area contributed by atoms with Crippen molar-refractivity contribution < 1.29 is 18.7 Å². The van der Waals surface area contributed by atoms with Crippen LogP contribution in [-0.4, -0.2) is 80.9 Å². The minimum atomic E-state index is -0.777. The lowest BCUT2D eigenvalue weighted by atomic mass is 9.88. The van der Waals surface area contributed by atoms with E-state index < -0.39 is 17.9 Å². The first kappa shape index (κ1) is 37.9. The average molecular weight is 703 g/mol. The van der Waals surface area contributed by atoms with Crippen molar-refractivity contribution in [3.8, 4) is 0 Å². The zero-order chi connectivity index (χ0) is 34.8. The van der Waals surface area contributed by atoms with E-state index in [1.54, 1.807) is 47.8 Å². The van der Waals surface area contributed by atoms with Crippen molar-refractivity contribution in [3.05, 3.63) is 47.3 Å². The van der Waals surface area contributed by atoms with Crippen molar-refractivity contribution in [2.45, 2.75) is 84.1 Å². The second kappa shape index (κ2) is 18.2. The number of halogens is 1. The van der Waals surface area contributed by atoms with E-state index in [-0.39, 0.29) is 40.8 Å². The summed E-state index contributed by atoms with van der Waals surface area (Å²) in [4.78, 5) is 36.2. The maximum atomic E-state index is 15.7. The van der Waals surface area contributed by atoms with Crippen molar-refractivity contribution in [1.82, 2.24) is 20.1 Å². The standard InChI is InChI=1S/C35H52FN7O3S2/c1-7-27(38-21-46-18-20-48(6)22(2)3)30(23(4)37)26-13-14-29(40-33(26)36)41-35(45)32(31(24-9-10-24)25-11-12-25)42-34(44)28-15-16-39-43(28)17-8-19-47-5/h13-16,22,24-25,31-32H,7-12,17-21H2,1-6H3,(H3-,37,38,39,40,41,42,44,45)/p+1/t32-,48?/m0/s1. The molecular weight excluding hydrogens is 650 g/mol. The molecule has 0 aliphatic heterocycles. The molecule has 2 saturated carbocycles. The Morgan fingerprint density at radius 2 is 1.92 bits per heavy atom. The first-order valence-corrected chi connectivity index (χ1v) is 20.3. The Labute approximate surface area is 292 Å². The molecule has 2 fully saturated rings. The predicted octanol–water partition coefficient (Wildman–Crippen LogP) is 5.51. The number of ether oxygens (including phenoxy) is 1. The number of aliphatic imine (C=N–C) groups is 1. The van der Waals surface area contributed by atoms with E-state index in [1.165, 1.54) is 0 Å². The maximum Gasteiger partial charge on any atom is 0.270 e. The lowest BCUT2D eigenvalue weighted by Crippen LogP contribution is -2.50. The summed E-state index contributed by atoms with van der Waals surface area (Å²) in [5, 5.41) is 10.8. The predicted molar refractivity (Wildman–Crippen MR) is 197 cm³/mol. The van der Waals surface area contributed by atoms with Crippen LogP contribution >= 0.6 is 11.8 Å². The molecule has 0 radical (unpaired) electrons. The Balaban J connectivity index is 1.49. The number of amides is 2. The summed E-state index contributed by atoms with van der Waals surface area (Å²) in [5.74, 6) is 1.26. The topological polar surface area (TPSA) is 137 Å². The molecule has 4 N–H and O–H groups in total. The Hall–Kier alpha value is -2.90. The average Bonchev–Trinajstić information content (AvgIpc) is 4.00. The van der Waals surface area contributed by atoms with Crippen LogP contribution in [0.2, 0.25) is 0 Å². The van der Waals surface area contributed by atoms with Gasteiger partial charge in [-0.2, -0.15) is 21.3 Å². The van der Waals surface area contributed by atoms with E-state index in [9.17, 15) is 9.59 Å². The van der Waals surface area contributed by atoms with Crippen LogP contribution in [0.1, 0.15) is 82.3 Å². The number of hydrogen-bond acceptors (Lipinski definition) is 8. The van der Waals surface area contributed by atoms with E-state index in [0.29, 0.717) is 59.3 Å². The number of aromatic nitrogens is 3. The molecule has 48 heavy (non-hydrogen) atoms. The Morgan fingerprint density at radius 1 is 1.21 bits per heavy atom. The van der Waals surface area contributed by atoms with Gasteiger partial charge in [-0.05, 0) is 118 Å². The van der Waals surface area contributed by atoms with E-state index >= 15 is 4.39 Å². The lowest BCUT2D eigenvalue weighted by Gasteiger charge is -2.27. The molecule has 2 atom stereocenters. The summed E-state index contributed by atoms with van der Waals surface area (Å²) in [6, 6.07) is 4.04. The van der Waals surface area contributed by atoms with E-state index in [4.69, 9.17) is 10.5 Å². The van der Waals surface area contributed by atoms with E-state index in [0.717, 1.165) is 43.6 Å². The molecule has 0 saturated heterocycles. The number of anilines is 1. The highest BCUT2D eigenvalue weighted by atomic mass is 32.2. The third-order valence-corrected chi connectivity index (χ3v) is 12.2. The lowest BCUT2D eigenvalue weighted by molar-refractivity contribution is -0.119. The molecule has 4 rings (SSSR count). The van der Waals surface area contributed by atoms with Crippen LogP contribution in [0.3, 0.4) is 0 Å². The van der Waals surface area contributed by atoms with Gasteiger partial charge in [-0.15, -0.1) is 0 Å². The number of hydrogen-bond donors (Lipinski definition) is 3. The van der Waals surface area contributed by atoms with Gasteiger partial charge < -0.3 is 21.1 Å². The molecule has 10 nitrogen and oxygen atoms in total. The fraction of sp³-hybridized carbons (Fsp3) is 0.629. The fourth-order valence-electron chi connectivity index (χ4n) is 5.98. The number of allylic oxidation sites excluding steroid dienone is 2. The number of carbonyl (C=O) groups is 2. The number of nitrogens with zero attached hydrogens (tertiary/aromatic N) is 4. The molecular formula is C35H53FN7O3S2+. The van der Waals surface area contributed by atoms with Crippen LogP contribution in [0.25, 0.3) is 5.57 Å². The van der Waals surface area contributed by atoms with Crippen molar-refractivity contribution >= 4 is 51.6 Å². The molecule has 2 aromatic rings. The zero-order valence-electron chi connectivity index (χ0n) is 29.3. The number of nitrogens with one attached hydrogen (secondary N) is 2. The zero-order valence-corrected chi connectivity index (χ0v) is 30.9. The van der Waals surface area contributed by atoms with Crippen LogP contribution in [0, 0.1) is 23.7 Å². The number of thioether (sulfide) groups is 1. The molecule has 0 aromatic carbocycles. The van der Waals surface area contributed by atoms with Crippen molar-refractivity contribution in [2.24, 2.45) is 28.5 Å². The third kappa shape index (κ3) is 10.5. The highest BCUT2D eigenvalue weighted by molar-refractivity contribution is 7.98. The summed E-state index contributed by atoms with van der Waals surface area (Å²) in [5.41, 5.74) is 8.40. The van der Waals surface area contributed by atoms with Gasteiger partial charge in [0.25, 0.3) is 5.91 Å². The molecule has 2 aliphatic carbocycles. The quantitative estimate of drug-likeness (QED) is 0.0716. The first-order chi connectivity index (χ1) is 23.0. The van der Waals surface area contributed by atoms with Crippen LogP contribution in [0.15, 0.2) is 35.1 Å². The van der Waals surface area contributed by atoms with E-state index in [2.05, 4.69) is 45.8 Å². The number of aryl methyl sites for hydroxylation is 1. The second-order valence-electron chi connectivity index (χ2n) is 13.0. The van der Waals surface area contributed by atoms with E-state index in [1.807, 2.05) is 13.2 Å². The fourth-order valence-corrected chi connectivity index (χ4v) is 7.25. The van der Waals surface area contributed by atoms with Gasteiger partial charge in [-0.25, -0.2) is 4.98 Å². The smallest absolute Gasteiger partial charge is 0.270 e. The largest absolute Gasteiger partial charge is 0.402 e. The molecule has 13 heteroatoms. The molecule has 0 bridgehead atoms. The summed E-state index contributed by atoms with van der Waals surface area (Å²) in [7, 11) is 0.274. The van der Waals surface area contributed by atoms with Crippen molar-refractivity contribution in [1.29, 1.82) is 0 Å². The van der Waals surface area contributed by atoms with Gasteiger partial charge in [0, 0.05) is 35.3 Å². The number of rotatable bonds is 20. The first-order valence-electron chi connectivity index (χ1n) is 17.0. The molecule has 264 valence electrons. The summed E-state index contributed by atoms with van der Waals surface area (Å²) in [6.07, 6.45) is 11.4. The van der Waals surface area contributed by atoms with Crippen molar-refractivity contribution in [3.63, 3.8) is 0 Å². The van der Waals surface area contributed by atoms with Gasteiger partial charge in [0.15, 0.2) is 0 Å². The van der Waals surface area contributed by atoms with Gasteiger partial charge in [0.2, 0.25) is 11.9 Å². The minimum absolute atomic E-state index is 0.0138. The monoisotopic (exact) mass is 702 g/mol. The maximum absolute atomic E-state index is 15.7. The molecule has 2 heterocycles. The Kier molecular flexibility index (Phi) is 14.4. The van der Waals surface area contributed by atoms with Crippen LogP contribution in [-0.2, 0) is 27.0 Å². The Morgan fingerprint density at radius 3 is 2.50 bits per heavy atom. The normalized spacial score (nSPS) is 17.0. The summed E-state index contributed by atoms with van der Waals surface area (Å²) >= 11 is 1.74. The van der Waals surface area contributed by atoms with Gasteiger partial charge in [-0.1, -0.05) is 6.92 Å². The molecule has 2 aromatic heterocycles. The van der Waals surface area contributed by atoms with Gasteiger partial charge in [0.05, 0.1) is 12.9 Å². The van der Waals surface area contributed by atoms with Crippen LogP contribution < -0.4 is 16.4 Å². The third-order valence-electron chi connectivity index (χ3n) is 9.04. The van der Waals surface area contributed by atoms with Crippen LogP contribution in [0.4, 0.5) is 10.2 Å². The molecule has 0 spiro atoms. The minimum Gasteiger partial charge on any atom is -0.402 e. The van der Waals surface area contributed by atoms with Gasteiger partial charge in [-0.3, -0.25) is 19.3 Å². The van der Waals surface area contributed by atoms with Gasteiger partial charge >= 0.3 is 0 Å². The van der Waals surface area contributed by atoms with Crippen molar-refractivity contribution in [2.75, 3.05) is 42.7 Å². The number of nitrogens with two attached hydrogens (primary N) is 1. The second-order valence-corrected chi connectivity index (χ2v) is 16.7. The van der Waals surface area contributed by atoms with Crippen LogP contribution in [0.5, 0.6) is 0 Å². The number of pyridine rings is 1. The molecule has 2 aliphatic rings. The highest BCUT2D eigenvalue weighted by Crippen LogP contribution is 2.51.